The highest BCUT2D eigenvalue weighted by atomic mass is 35.5. The van der Waals surface area contributed by atoms with Crippen LogP contribution in [0.2, 0.25) is 5.02 Å². The quantitative estimate of drug-likeness (QED) is 0.819. The number of carboxylic acids is 1. The van der Waals surface area contributed by atoms with E-state index in [1.165, 1.54) is 31.4 Å². The molecule has 0 saturated heterocycles. The zero-order valence-electron chi connectivity index (χ0n) is 9.95. The number of hydrogen-bond acceptors (Lipinski definition) is 3. The van der Waals surface area contributed by atoms with E-state index < -0.39 is 5.97 Å². The Kier molecular flexibility index (Phi) is 4.20. The van der Waals surface area contributed by atoms with Crippen LogP contribution in [-0.4, -0.2) is 16.8 Å². The lowest BCUT2D eigenvalue weighted by Crippen LogP contribution is -2.07. The maximum absolute atomic E-state index is 10.9. The summed E-state index contributed by atoms with van der Waals surface area (Å²) in [7, 11) is 0. The van der Waals surface area contributed by atoms with E-state index in [9.17, 15) is 4.79 Å². The molecule has 5 heteroatoms. The van der Waals surface area contributed by atoms with Gasteiger partial charge in [-0.1, -0.05) is 18.0 Å². The predicted molar refractivity (Wildman–Crippen MR) is 72.6 cm³/mol. The third-order valence-corrected chi connectivity index (χ3v) is 3.31. The highest BCUT2D eigenvalue weighted by molar-refractivity contribution is 6.33. The van der Waals surface area contributed by atoms with Crippen molar-refractivity contribution >= 4 is 29.0 Å². The number of anilines is 1. The molecule has 1 saturated carbocycles. The molecule has 4 nitrogen and oxygen atoms in total. The van der Waals surface area contributed by atoms with Crippen molar-refractivity contribution in [1.82, 2.24) is 0 Å². The van der Waals surface area contributed by atoms with Gasteiger partial charge in [0.25, 0.3) is 0 Å². The number of carbonyl (C=O) groups is 1. The van der Waals surface area contributed by atoms with E-state index >= 15 is 0 Å². The second-order valence-corrected chi connectivity index (χ2v) is 4.76. The average Bonchev–Trinajstić information content (AvgIpc) is 2.38. The second-order valence-electron chi connectivity index (χ2n) is 4.35. The van der Waals surface area contributed by atoms with Crippen molar-refractivity contribution < 1.29 is 9.90 Å². The lowest BCUT2D eigenvalue weighted by atomic mass is 9.99. The van der Waals surface area contributed by atoms with Crippen LogP contribution < -0.4 is 5.43 Å². The average molecular weight is 267 g/mol. The first-order valence-electron chi connectivity index (χ1n) is 6.01. The minimum absolute atomic E-state index is 0.200. The molecule has 1 aliphatic rings. The summed E-state index contributed by atoms with van der Waals surface area (Å²) in [5, 5.41) is 13.7. The van der Waals surface area contributed by atoms with Crippen molar-refractivity contribution in [2.75, 3.05) is 5.43 Å². The molecule has 1 aromatic carbocycles. The van der Waals surface area contributed by atoms with Crippen molar-refractivity contribution in [2.24, 2.45) is 5.10 Å². The molecule has 1 aliphatic carbocycles. The predicted octanol–water partition coefficient (Wildman–Crippen LogP) is 3.77. The monoisotopic (exact) mass is 266 g/mol. The fourth-order valence-electron chi connectivity index (χ4n) is 1.95. The molecule has 0 heterocycles. The standard InChI is InChI=1S/C13H15ClN2O2/c14-11-7-6-9(13(17)18)8-12(11)16-15-10-4-2-1-3-5-10/h6-8,16H,1-5H2,(H,17,18). The van der Waals surface area contributed by atoms with E-state index in [4.69, 9.17) is 16.7 Å². The molecule has 1 fully saturated rings. The Balaban J connectivity index is 2.12. The largest absolute Gasteiger partial charge is 0.478 e. The molecule has 0 bridgehead atoms. The molecule has 0 atom stereocenters. The third kappa shape index (κ3) is 3.23. The van der Waals surface area contributed by atoms with Crippen LogP contribution in [0.1, 0.15) is 42.5 Å². The van der Waals surface area contributed by atoms with Gasteiger partial charge in [-0.2, -0.15) is 5.10 Å². The van der Waals surface area contributed by atoms with Crippen LogP contribution in [0.15, 0.2) is 23.3 Å². The van der Waals surface area contributed by atoms with E-state index in [0.717, 1.165) is 18.6 Å². The molecule has 0 unspecified atom stereocenters. The lowest BCUT2D eigenvalue weighted by Gasteiger charge is -2.13. The van der Waals surface area contributed by atoms with E-state index in [2.05, 4.69) is 10.5 Å². The number of nitrogens with one attached hydrogen (secondary N) is 1. The topological polar surface area (TPSA) is 61.7 Å². The lowest BCUT2D eigenvalue weighted by molar-refractivity contribution is 0.0697. The Labute approximate surface area is 111 Å². The first-order valence-corrected chi connectivity index (χ1v) is 6.39. The molecular weight excluding hydrogens is 252 g/mol. The van der Waals surface area contributed by atoms with Crippen LogP contribution in [0.4, 0.5) is 5.69 Å². The number of rotatable bonds is 3. The minimum Gasteiger partial charge on any atom is -0.478 e. The number of halogens is 1. The SMILES string of the molecule is O=C(O)c1ccc(Cl)c(NN=C2CCCCC2)c1. The fourth-order valence-corrected chi connectivity index (χ4v) is 2.11. The first-order chi connectivity index (χ1) is 8.66. The van der Waals surface area contributed by atoms with Crippen LogP contribution in [0.25, 0.3) is 0 Å². The van der Waals surface area contributed by atoms with Gasteiger partial charge in [-0.25, -0.2) is 4.79 Å². The number of aromatic carboxylic acids is 1. The normalized spacial score (nSPS) is 15.3. The van der Waals surface area contributed by atoms with Crippen molar-refractivity contribution in [1.29, 1.82) is 0 Å². The Hall–Kier alpha value is -1.55. The molecular formula is C13H15ClN2O2. The second kappa shape index (κ2) is 5.87. The Bertz CT molecular complexity index is 478. The van der Waals surface area contributed by atoms with Crippen molar-refractivity contribution in [3.8, 4) is 0 Å². The number of benzene rings is 1. The Morgan fingerprint density at radius 3 is 2.67 bits per heavy atom. The molecule has 2 N–H and O–H groups in total. The van der Waals surface area contributed by atoms with Crippen molar-refractivity contribution in [3.05, 3.63) is 28.8 Å². The van der Waals surface area contributed by atoms with E-state index in [1.807, 2.05) is 0 Å². The molecule has 0 aliphatic heterocycles. The summed E-state index contributed by atoms with van der Waals surface area (Å²) in [5.41, 5.74) is 4.73. The van der Waals surface area contributed by atoms with E-state index in [1.54, 1.807) is 6.07 Å². The highest BCUT2D eigenvalue weighted by Gasteiger charge is 2.09. The van der Waals surface area contributed by atoms with Gasteiger partial charge in [0, 0.05) is 5.71 Å². The number of hydrazone groups is 1. The molecule has 1 aromatic rings. The van der Waals surface area contributed by atoms with Gasteiger partial charge in [0.1, 0.15) is 0 Å². The van der Waals surface area contributed by atoms with Gasteiger partial charge in [-0.15, -0.1) is 0 Å². The van der Waals surface area contributed by atoms with Crippen LogP contribution in [0, 0.1) is 0 Å². The minimum atomic E-state index is -0.972. The molecule has 18 heavy (non-hydrogen) atoms. The molecule has 0 aromatic heterocycles. The van der Waals surface area contributed by atoms with Crippen molar-refractivity contribution in [3.63, 3.8) is 0 Å². The Morgan fingerprint density at radius 1 is 1.28 bits per heavy atom. The van der Waals surface area contributed by atoms with Crippen LogP contribution in [-0.2, 0) is 0 Å². The fraction of sp³-hybridized carbons (Fsp3) is 0.385. The summed E-state index contributed by atoms with van der Waals surface area (Å²) in [4.78, 5) is 10.9. The van der Waals surface area contributed by atoms with Gasteiger partial charge >= 0.3 is 5.97 Å². The summed E-state index contributed by atoms with van der Waals surface area (Å²) in [6.45, 7) is 0. The van der Waals surface area contributed by atoms with Gasteiger partial charge in [-0.3, -0.25) is 5.43 Å². The number of carboxylic acid groups (broad SMARTS) is 1. The van der Waals surface area contributed by atoms with Gasteiger partial charge in [-0.05, 0) is 43.9 Å². The van der Waals surface area contributed by atoms with Crippen LogP contribution in [0.3, 0.4) is 0 Å². The molecule has 0 radical (unpaired) electrons. The molecule has 0 amide bonds. The summed E-state index contributed by atoms with van der Waals surface area (Å²) in [6.07, 6.45) is 5.60. The van der Waals surface area contributed by atoms with Gasteiger partial charge < -0.3 is 5.11 Å². The van der Waals surface area contributed by atoms with Crippen LogP contribution >= 0.6 is 11.6 Å². The van der Waals surface area contributed by atoms with Crippen LogP contribution in [0.5, 0.6) is 0 Å². The van der Waals surface area contributed by atoms with E-state index in [-0.39, 0.29) is 5.56 Å². The van der Waals surface area contributed by atoms with Crippen molar-refractivity contribution in [2.45, 2.75) is 32.1 Å². The van der Waals surface area contributed by atoms with Gasteiger partial charge in [0.15, 0.2) is 0 Å². The summed E-state index contributed by atoms with van der Waals surface area (Å²) in [5.74, 6) is -0.972. The highest BCUT2D eigenvalue weighted by Crippen LogP contribution is 2.24. The maximum atomic E-state index is 10.9. The first kappa shape index (κ1) is 12.9. The summed E-state index contributed by atoms with van der Waals surface area (Å²) < 4.78 is 0. The summed E-state index contributed by atoms with van der Waals surface area (Å²) >= 11 is 5.99. The molecule has 2 rings (SSSR count). The molecule has 96 valence electrons. The third-order valence-electron chi connectivity index (χ3n) is 2.98. The van der Waals surface area contributed by atoms with Gasteiger partial charge in [0.05, 0.1) is 16.3 Å². The maximum Gasteiger partial charge on any atom is 0.335 e. The smallest absolute Gasteiger partial charge is 0.335 e. The number of hydrogen-bond donors (Lipinski definition) is 2. The van der Waals surface area contributed by atoms with Gasteiger partial charge in [0.2, 0.25) is 0 Å². The number of nitrogens with zero attached hydrogens (tertiary/aromatic N) is 1. The Morgan fingerprint density at radius 2 is 2.00 bits per heavy atom. The zero-order chi connectivity index (χ0) is 13.0. The summed E-state index contributed by atoms with van der Waals surface area (Å²) in [6, 6.07) is 4.54. The van der Waals surface area contributed by atoms with E-state index in [0.29, 0.717) is 10.7 Å². The zero-order valence-corrected chi connectivity index (χ0v) is 10.7. The molecule has 0 spiro atoms.